The lowest BCUT2D eigenvalue weighted by molar-refractivity contribution is 0.0937. The van der Waals surface area contributed by atoms with Crippen LogP contribution in [-0.2, 0) is 6.54 Å². The highest BCUT2D eigenvalue weighted by Crippen LogP contribution is 2.08. The molecule has 98 valence electrons. The van der Waals surface area contributed by atoms with Crippen LogP contribution in [0.4, 0.5) is 0 Å². The van der Waals surface area contributed by atoms with Crippen LogP contribution in [-0.4, -0.2) is 28.6 Å². The van der Waals surface area contributed by atoms with Crippen molar-refractivity contribution in [1.82, 2.24) is 10.3 Å². The number of halogens is 1. The second kappa shape index (κ2) is 8.41. The monoisotopic (exact) mass is 279 g/mol. The fraction of sp³-hybridized carbons (Fsp3) is 0.600. The molecule has 1 amide bonds. The predicted molar refractivity (Wildman–Crippen MR) is 70.5 cm³/mol. The van der Waals surface area contributed by atoms with Crippen LogP contribution in [0.15, 0.2) is 5.38 Å². The molecular formula is C10H18ClN3O2S. The van der Waals surface area contributed by atoms with Crippen molar-refractivity contribution in [3.63, 3.8) is 0 Å². The van der Waals surface area contributed by atoms with Crippen LogP contribution in [0, 0.1) is 0 Å². The second-order valence-corrected chi connectivity index (χ2v) is 4.38. The molecular weight excluding hydrogens is 262 g/mol. The van der Waals surface area contributed by atoms with E-state index in [0.717, 1.165) is 5.01 Å². The summed E-state index contributed by atoms with van der Waals surface area (Å²) >= 11 is 1.38. The Hall–Kier alpha value is -0.690. The molecule has 0 aromatic carbocycles. The lowest BCUT2D eigenvalue weighted by atomic mass is 10.2. The first-order valence-corrected chi connectivity index (χ1v) is 6.16. The van der Waals surface area contributed by atoms with Crippen molar-refractivity contribution in [3.8, 4) is 0 Å². The standard InChI is InChI=1S/C10H17N3O2S.ClH/c1-2-7(14)3-4-12-10(15)8-6-16-9(5-11)13-8;/h6-7,14H,2-5,11H2,1H3,(H,12,15);1H. The molecule has 0 fully saturated rings. The maximum absolute atomic E-state index is 11.6. The number of rotatable bonds is 6. The van der Waals surface area contributed by atoms with E-state index in [9.17, 15) is 9.90 Å². The van der Waals surface area contributed by atoms with Gasteiger partial charge in [-0.25, -0.2) is 4.98 Å². The summed E-state index contributed by atoms with van der Waals surface area (Å²) in [6, 6.07) is 0. The lowest BCUT2D eigenvalue weighted by Crippen LogP contribution is -2.27. The zero-order valence-electron chi connectivity index (χ0n) is 9.68. The van der Waals surface area contributed by atoms with Crippen molar-refractivity contribution in [2.75, 3.05) is 6.54 Å². The molecule has 0 aliphatic rings. The van der Waals surface area contributed by atoms with Gasteiger partial charge in [0.05, 0.1) is 6.10 Å². The largest absolute Gasteiger partial charge is 0.393 e. The third kappa shape index (κ3) is 5.45. The van der Waals surface area contributed by atoms with Crippen molar-refractivity contribution in [3.05, 3.63) is 16.1 Å². The van der Waals surface area contributed by atoms with E-state index in [1.54, 1.807) is 5.38 Å². The summed E-state index contributed by atoms with van der Waals surface area (Å²) in [5, 5.41) is 14.4. The molecule has 1 aromatic heterocycles. The van der Waals surface area contributed by atoms with Crippen LogP contribution in [0.2, 0.25) is 0 Å². The van der Waals surface area contributed by atoms with Crippen LogP contribution in [0.5, 0.6) is 0 Å². The molecule has 0 radical (unpaired) electrons. The van der Waals surface area contributed by atoms with Gasteiger partial charge in [-0.2, -0.15) is 0 Å². The van der Waals surface area contributed by atoms with E-state index >= 15 is 0 Å². The van der Waals surface area contributed by atoms with E-state index in [-0.39, 0.29) is 24.4 Å². The zero-order chi connectivity index (χ0) is 12.0. The number of aliphatic hydroxyl groups is 1. The van der Waals surface area contributed by atoms with E-state index in [4.69, 9.17) is 5.73 Å². The average Bonchev–Trinajstić information content (AvgIpc) is 2.77. The number of carbonyl (C=O) groups is 1. The summed E-state index contributed by atoms with van der Waals surface area (Å²) in [6.45, 7) is 2.72. The van der Waals surface area contributed by atoms with Crippen molar-refractivity contribution in [2.24, 2.45) is 5.73 Å². The first-order valence-electron chi connectivity index (χ1n) is 5.28. The molecule has 1 unspecified atom stereocenters. The van der Waals surface area contributed by atoms with E-state index in [0.29, 0.717) is 31.6 Å². The number of hydrogen-bond acceptors (Lipinski definition) is 5. The van der Waals surface area contributed by atoms with Gasteiger partial charge in [0, 0.05) is 18.5 Å². The maximum atomic E-state index is 11.6. The fourth-order valence-electron chi connectivity index (χ4n) is 1.16. The van der Waals surface area contributed by atoms with E-state index in [1.165, 1.54) is 11.3 Å². The van der Waals surface area contributed by atoms with Crippen molar-refractivity contribution >= 4 is 29.7 Å². The molecule has 0 saturated carbocycles. The van der Waals surface area contributed by atoms with Gasteiger partial charge in [0.25, 0.3) is 5.91 Å². The Kier molecular flexibility index (Phi) is 8.07. The second-order valence-electron chi connectivity index (χ2n) is 3.44. The summed E-state index contributed by atoms with van der Waals surface area (Å²) in [5.74, 6) is -0.209. The highest BCUT2D eigenvalue weighted by atomic mass is 35.5. The molecule has 0 bridgehead atoms. The van der Waals surface area contributed by atoms with Crippen LogP contribution in [0.3, 0.4) is 0 Å². The zero-order valence-corrected chi connectivity index (χ0v) is 11.3. The molecule has 1 aromatic rings. The fourth-order valence-corrected chi connectivity index (χ4v) is 1.81. The maximum Gasteiger partial charge on any atom is 0.270 e. The van der Waals surface area contributed by atoms with Gasteiger partial charge in [-0.3, -0.25) is 4.79 Å². The van der Waals surface area contributed by atoms with E-state index in [1.807, 2.05) is 6.92 Å². The summed E-state index contributed by atoms with van der Waals surface area (Å²) in [7, 11) is 0. The van der Waals surface area contributed by atoms with E-state index < -0.39 is 0 Å². The number of thiazole rings is 1. The molecule has 0 saturated heterocycles. The first-order chi connectivity index (χ1) is 7.67. The predicted octanol–water partition coefficient (Wildman–Crippen LogP) is 0.914. The number of aliphatic hydroxyl groups excluding tert-OH is 1. The Bertz CT molecular complexity index is 346. The SMILES string of the molecule is CCC(O)CCNC(=O)c1csc(CN)n1.Cl. The van der Waals surface area contributed by atoms with E-state index in [2.05, 4.69) is 10.3 Å². The molecule has 1 heterocycles. The molecule has 0 spiro atoms. The van der Waals surface area contributed by atoms with Crippen molar-refractivity contribution in [1.29, 1.82) is 0 Å². The van der Waals surface area contributed by atoms with Gasteiger partial charge in [-0.15, -0.1) is 23.7 Å². The van der Waals surface area contributed by atoms with Crippen LogP contribution >= 0.6 is 23.7 Å². The summed E-state index contributed by atoms with van der Waals surface area (Å²) in [6.07, 6.45) is 0.912. The van der Waals surface area contributed by atoms with Gasteiger partial charge in [0.2, 0.25) is 0 Å². The Morgan fingerprint density at radius 3 is 2.94 bits per heavy atom. The third-order valence-corrected chi connectivity index (χ3v) is 3.06. The van der Waals surface area contributed by atoms with Crippen molar-refractivity contribution < 1.29 is 9.90 Å². The highest BCUT2D eigenvalue weighted by Gasteiger charge is 2.10. The van der Waals surface area contributed by atoms with Crippen LogP contribution < -0.4 is 11.1 Å². The highest BCUT2D eigenvalue weighted by molar-refractivity contribution is 7.09. The Morgan fingerprint density at radius 1 is 1.71 bits per heavy atom. The minimum atomic E-state index is -0.352. The lowest BCUT2D eigenvalue weighted by Gasteiger charge is -2.07. The Labute approximate surface area is 111 Å². The Morgan fingerprint density at radius 2 is 2.41 bits per heavy atom. The summed E-state index contributed by atoms with van der Waals surface area (Å²) in [4.78, 5) is 15.6. The average molecular weight is 280 g/mol. The minimum Gasteiger partial charge on any atom is -0.393 e. The normalized spacial score (nSPS) is 11.7. The molecule has 0 aliphatic carbocycles. The number of carbonyl (C=O) groups excluding carboxylic acids is 1. The number of amides is 1. The van der Waals surface area contributed by atoms with Crippen LogP contribution in [0.1, 0.15) is 35.3 Å². The minimum absolute atomic E-state index is 0. The van der Waals surface area contributed by atoms with Crippen LogP contribution in [0.25, 0.3) is 0 Å². The third-order valence-electron chi connectivity index (χ3n) is 2.19. The topological polar surface area (TPSA) is 88.2 Å². The molecule has 4 N–H and O–H groups in total. The summed E-state index contributed by atoms with van der Waals surface area (Å²) < 4.78 is 0. The van der Waals surface area contributed by atoms with Gasteiger partial charge in [-0.1, -0.05) is 6.92 Å². The number of aromatic nitrogens is 1. The van der Waals surface area contributed by atoms with Gasteiger partial charge >= 0.3 is 0 Å². The molecule has 1 rings (SSSR count). The van der Waals surface area contributed by atoms with Gasteiger partial charge < -0.3 is 16.2 Å². The number of hydrogen-bond donors (Lipinski definition) is 3. The Balaban J connectivity index is 0.00000256. The quantitative estimate of drug-likeness (QED) is 0.722. The van der Waals surface area contributed by atoms with Crippen molar-refractivity contribution in [2.45, 2.75) is 32.4 Å². The molecule has 1 atom stereocenters. The van der Waals surface area contributed by atoms with Gasteiger partial charge in [-0.05, 0) is 12.8 Å². The molecule has 17 heavy (non-hydrogen) atoms. The number of nitrogens with one attached hydrogen (secondary N) is 1. The molecule has 0 aliphatic heterocycles. The number of nitrogens with zero attached hydrogens (tertiary/aromatic N) is 1. The molecule has 7 heteroatoms. The van der Waals surface area contributed by atoms with Gasteiger partial charge in [0.1, 0.15) is 10.7 Å². The number of nitrogens with two attached hydrogens (primary N) is 1. The summed E-state index contributed by atoms with van der Waals surface area (Å²) in [5.41, 5.74) is 5.80. The smallest absolute Gasteiger partial charge is 0.270 e. The first kappa shape index (κ1) is 16.3. The van der Waals surface area contributed by atoms with Gasteiger partial charge in [0.15, 0.2) is 0 Å². The molecule has 5 nitrogen and oxygen atoms in total.